The van der Waals surface area contributed by atoms with Crippen LogP contribution in [0.15, 0.2) is 29.6 Å². The highest BCUT2D eigenvalue weighted by Crippen LogP contribution is 2.35. The van der Waals surface area contributed by atoms with Crippen molar-refractivity contribution in [1.29, 1.82) is 0 Å². The van der Waals surface area contributed by atoms with E-state index in [0.29, 0.717) is 0 Å². The molecular weight excluding hydrogens is 228 g/mol. The van der Waals surface area contributed by atoms with Gasteiger partial charge in [-0.05, 0) is 47.7 Å². The van der Waals surface area contributed by atoms with Gasteiger partial charge in [0.15, 0.2) is 0 Å². The van der Waals surface area contributed by atoms with Gasteiger partial charge in [-0.2, -0.15) is 0 Å². The SMILES string of the molecule is CN1CCc2c(N)ccc(-c3cccs3)c2C1. The minimum atomic E-state index is 0.952. The van der Waals surface area contributed by atoms with Crippen LogP contribution >= 0.6 is 11.3 Å². The predicted molar refractivity (Wildman–Crippen MR) is 74.2 cm³/mol. The Morgan fingerprint density at radius 2 is 2.12 bits per heavy atom. The monoisotopic (exact) mass is 244 g/mol. The number of nitrogens with zero attached hydrogens (tertiary/aromatic N) is 1. The van der Waals surface area contributed by atoms with E-state index in [1.54, 1.807) is 11.3 Å². The molecule has 0 amide bonds. The molecule has 2 heterocycles. The molecule has 0 radical (unpaired) electrons. The Bertz CT molecular complexity index is 531. The van der Waals surface area contributed by atoms with Crippen LogP contribution in [0.25, 0.3) is 10.4 Å². The van der Waals surface area contributed by atoms with E-state index in [4.69, 9.17) is 5.73 Å². The van der Waals surface area contributed by atoms with E-state index < -0.39 is 0 Å². The standard InChI is InChI=1S/C14H16N2S/c1-16-7-6-10-12(9-16)11(4-5-13(10)15)14-3-2-8-17-14/h2-5,8H,6-7,9,15H2,1H3. The minimum Gasteiger partial charge on any atom is -0.398 e. The zero-order valence-electron chi connectivity index (χ0n) is 9.94. The summed E-state index contributed by atoms with van der Waals surface area (Å²) < 4.78 is 0. The number of likely N-dealkylation sites (N-methyl/N-ethyl adjacent to an activating group) is 1. The second kappa shape index (κ2) is 4.17. The summed E-state index contributed by atoms with van der Waals surface area (Å²) in [5.74, 6) is 0. The highest BCUT2D eigenvalue weighted by molar-refractivity contribution is 7.13. The Morgan fingerprint density at radius 3 is 2.88 bits per heavy atom. The molecule has 0 atom stereocenters. The van der Waals surface area contributed by atoms with Gasteiger partial charge in [-0.3, -0.25) is 0 Å². The Morgan fingerprint density at radius 1 is 1.24 bits per heavy atom. The number of hydrogen-bond acceptors (Lipinski definition) is 3. The quantitative estimate of drug-likeness (QED) is 0.781. The van der Waals surface area contributed by atoms with Gasteiger partial charge in [0.05, 0.1) is 0 Å². The Kier molecular flexibility index (Phi) is 2.65. The molecule has 1 aliphatic rings. The third-order valence-corrected chi connectivity index (χ3v) is 4.33. The fourth-order valence-corrected chi connectivity index (χ4v) is 3.28. The maximum atomic E-state index is 6.09. The zero-order valence-corrected chi connectivity index (χ0v) is 10.8. The molecule has 2 N–H and O–H groups in total. The molecule has 2 nitrogen and oxygen atoms in total. The normalized spacial score (nSPS) is 15.8. The van der Waals surface area contributed by atoms with Crippen LogP contribution in [0.2, 0.25) is 0 Å². The average Bonchev–Trinajstić information content (AvgIpc) is 2.83. The van der Waals surface area contributed by atoms with E-state index in [2.05, 4.69) is 41.6 Å². The summed E-state index contributed by atoms with van der Waals surface area (Å²) >= 11 is 1.80. The summed E-state index contributed by atoms with van der Waals surface area (Å²) in [4.78, 5) is 3.70. The lowest BCUT2D eigenvalue weighted by Crippen LogP contribution is -2.27. The molecule has 0 aliphatic carbocycles. The van der Waals surface area contributed by atoms with Gasteiger partial charge in [-0.1, -0.05) is 12.1 Å². The molecule has 0 fully saturated rings. The van der Waals surface area contributed by atoms with E-state index in [1.165, 1.54) is 21.6 Å². The van der Waals surface area contributed by atoms with Crippen molar-refractivity contribution in [2.45, 2.75) is 13.0 Å². The number of benzene rings is 1. The maximum Gasteiger partial charge on any atom is 0.0350 e. The molecule has 17 heavy (non-hydrogen) atoms. The highest BCUT2D eigenvalue weighted by atomic mass is 32.1. The lowest BCUT2D eigenvalue weighted by molar-refractivity contribution is 0.314. The van der Waals surface area contributed by atoms with Crippen molar-refractivity contribution in [1.82, 2.24) is 4.90 Å². The Labute approximate surface area is 106 Å². The number of rotatable bonds is 1. The third kappa shape index (κ3) is 1.85. The maximum absolute atomic E-state index is 6.09. The number of anilines is 1. The average molecular weight is 244 g/mol. The van der Waals surface area contributed by atoms with Crippen LogP contribution in [0.4, 0.5) is 5.69 Å². The van der Waals surface area contributed by atoms with Gasteiger partial charge in [-0.15, -0.1) is 11.3 Å². The van der Waals surface area contributed by atoms with Crippen molar-refractivity contribution in [3.05, 3.63) is 40.8 Å². The van der Waals surface area contributed by atoms with Crippen molar-refractivity contribution in [2.24, 2.45) is 0 Å². The smallest absolute Gasteiger partial charge is 0.0350 e. The number of nitrogen functional groups attached to an aromatic ring is 1. The second-order valence-electron chi connectivity index (χ2n) is 4.62. The second-order valence-corrected chi connectivity index (χ2v) is 5.57. The zero-order chi connectivity index (χ0) is 11.8. The van der Waals surface area contributed by atoms with Gasteiger partial charge < -0.3 is 10.6 Å². The summed E-state index contributed by atoms with van der Waals surface area (Å²) in [6, 6.07) is 8.51. The van der Waals surface area contributed by atoms with E-state index in [9.17, 15) is 0 Å². The van der Waals surface area contributed by atoms with Crippen LogP contribution in [-0.4, -0.2) is 18.5 Å². The van der Waals surface area contributed by atoms with Crippen molar-refractivity contribution < 1.29 is 0 Å². The van der Waals surface area contributed by atoms with Crippen molar-refractivity contribution in [2.75, 3.05) is 19.3 Å². The fourth-order valence-electron chi connectivity index (χ4n) is 2.50. The number of hydrogen-bond donors (Lipinski definition) is 1. The molecule has 88 valence electrons. The van der Waals surface area contributed by atoms with Crippen LogP contribution in [0.1, 0.15) is 11.1 Å². The molecule has 1 aliphatic heterocycles. The van der Waals surface area contributed by atoms with E-state index in [0.717, 1.165) is 25.2 Å². The topological polar surface area (TPSA) is 29.3 Å². The van der Waals surface area contributed by atoms with Crippen molar-refractivity contribution >= 4 is 17.0 Å². The number of thiophene rings is 1. The largest absolute Gasteiger partial charge is 0.398 e. The minimum absolute atomic E-state index is 0.952. The summed E-state index contributed by atoms with van der Waals surface area (Å²) in [7, 11) is 2.17. The lowest BCUT2D eigenvalue weighted by atomic mass is 9.93. The molecule has 2 aromatic rings. The van der Waals surface area contributed by atoms with Gasteiger partial charge in [-0.25, -0.2) is 0 Å². The van der Waals surface area contributed by atoms with Crippen LogP contribution in [0.3, 0.4) is 0 Å². The van der Waals surface area contributed by atoms with Crippen molar-refractivity contribution in [3.8, 4) is 10.4 Å². The summed E-state index contributed by atoms with van der Waals surface area (Å²) in [6.45, 7) is 2.11. The van der Waals surface area contributed by atoms with Gasteiger partial charge in [0.25, 0.3) is 0 Å². The van der Waals surface area contributed by atoms with Crippen LogP contribution in [-0.2, 0) is 13.0 Å². The molecule has 1 aromatic heterocycles. The summed E-state index contributed by atoms with van der Waals surface area (Å²) in [5, 5.41) is 2.13. The van der Waals surface area contributed by atoms with Gasteiger partial charge in [0, 0.05) is 23.7 Å². The first-order valence-electron chi connectivity index (χ1n) is 5.88. The first kappa shape index (κ1) is 10.8. The van der Waals surface area contributed by atoms with E-state index in [-0.39, 0.29) is 0 Å². The first-order valence-corrected chi connectivity index (χ1v) is 6.76. The molecule has 0 spiro atoms. The van der Waals surface area contributed by atoms with E-state index in [1.807, 2.05) is 0 Å². The number of fused-ring (bicyclic) bond motifs is 1. The van der Waals surface area contributed by atoms with Crippen molar-refractivity contribution in [3.63, 3.8) is 0 Å². The Hall–Kier alpha value is -1.32. The molecule has 0 unspecified atom stereocenters. The van der Waals surface area contributed by atoms with E-state index >= 15 is 0 Å². The first-order chi connectivity index (χ1) is 8.25. The Balaban J connectivity index is 2.17. The molecule has 0 bridgehead atoms. The summed E-state index contributed by atoms with van der Waals surface area (Å²) in [5.41, 5.74) is 11.2. The number of nitrogens with two attached hydrogens (primary N) is 1. The third-order valence-electron chi connectivity index (χ3n) is 3.43. The van der Waals surface area contributed by atoms with Gasteiger partial charge in [0.1, 0.15) is 0 Å². The fraction of sp³-hybridized carbons (Fsp3) is 0.286. The van der Waals surface area contributed by atoms with Gasteiger partial charge in [0.2, 0.25) is 0 Å². The van der Waals surface area contributed by atoms with Crippen LogP contribution < -0.4 is 5.73 Å². The molecule has 3 rings (SSSR count). The molecule has 3 heteroatoms. The molecular formula is C14H16N2S. The predicted octanol–water partition coefficient (Wildman–Crippen LogP) is 2.99. The molecule has 0 saturated heterocycles. The lowest BCUT2D eigenvalue weighted by Gasteiger charge is -2.28. The highest BCUT2D eigenvalue weighted by Gasteiger charge is 2.19. The molecule has 0 saturated carbocycles. The van der Waals surface area contributed by atoms with Gasteiger partial charge >= 0.3 is 0 Å². The summed E-state index contributed by atoms with van der Waals surface area (Å²) in [6.07, 6.45) is 1.07. The van der Waals surface area contributed by atoms with Crippen LogP contribution in [0.5, 0.6) is 0 Å². The molecule has 1 aromatic carbocycles. The van der Waals surface area contributed by atoms with Crippen LogP contribution in [0, 0.1) is 0 Å².